The fraction of sp³-hybridized carbons (Fsp3) is 0.417. The van der Waals surface area contributed by atoms with E-state index in [1.165, 1.54) is 0 Å². The van der Waals surface area contributed by atoms with Crippen LogP contribution in [0.3, 0.4) is 0 Å². The first kappa shape index (κ1) is 13.5. The number of piperidine rings is 1. The number of carbonyl (C=O) groups excluding carboxylic acids is 1. The monoisotopic (exact) mass is 287 g/mol. The molecule has 6 heteroatoms. The molecule has 98 valence electrons. The van der Waals surface area contributed by atoms with Crippen molar-refractivity contribution < 1.29 is 4.79 Å². The Balaban J connectivity index is 0.00000120. The predicted octanol–water partition coefficient (Wildman–Crippen LogP) is 2.00. The summed E-state index contributed by atoms with van der Waals surface area (Å²) in [6.07, 6.45) is 1.76. The van der Waals surface area contributed by atoms with Gasteiger partial charge < -0.3 is 16.0 Å². The number of fused-ring (bicyclic) bond motifs is 1. The number of amides is 1. The third-order valence-corrected chi connectivity index (χ3v) is 3.65. The highest BCUT2D eigenvalue weighted by atomic mass is 35.5. The van der Waals surface area contributed by atoms with Crippen LogP contribution in [0.15, 0.2) is 18.2 Å². The zero-order valence-corrected chi connectivity index (χ0v) is 11.3. The van der Waals surface area contributed by atoms with Crippen LogP contribution < -0.4 is 16.0 Å². The molecule has 2 aliphatic heterocycles. The lowest BCUT2D eigenvalue weighted by molar-refractivity contribution is 0.0881. The maximum atomic E-state index is 12.1. The van der Waals surface area contributed by atoms with Crippen LogP contribution in [-0.2, 0) is 0 Å². The van der Waals surface area contributed by atoms with E-state index in [9.17, 15) is 4.79 Å². The van der Waals surface area contributed by atoms with Crippen LogP contribution in [0.4, 0.5) is 5.69 Å². The molecular weight excluding hydrogens is 273 g/mol. The molecule has 0 saturated carbocycles. The van der Waals surface area contributed by atoms with E-state index < -0.39 is 0 Å². The van der Waals surface area contributed by atoms with E-state index in [1.54, 1.807) is 12.1 Å². The van der Waals surface area contributed by atoms with Gasteiger partial charge in [-0.3, -0.25) is 4.79 Å². The lowest BCUT2D eigenvalue weighted by atomic mass is 9.93. The average molecular weight is 288 g/mol. The molecule has 0 atom stereocenters. The van der Waals surface area contributed by atoms with Crippen LogP contribution in [0.2, 0.25) is 5.02 Å². The Labute approximate surface area is 117 Å². The van der Waals surface area contributed by atoms with E-state index in [1.807, 2.05) is 6.07 Å². The molecule has 4 nitrogen and oxygen atoms in total. The molecule has 3 N–H and O–H groups in total. The number of carbonyl (C=O) groups is 1. The molecule has 1 amide bonds. The van der Waals surface area contributed by atoms with Crippen molar-refractivity contribution in [3.8, 4) is 0 Å². The van der Waals surface area contributed by atoms with Crippen molar-refractivity contribution in [3.05, 3.63) is 28.8 Å². The minimum absolute atomic E-state index is 0. The molecular formula is C12H15Cl2N3O. The normalized spacial score (nSPS) is 20.4. The summed E-state index contributed by atoms with van der Waals surface area (Å²) in [5, 5.41) is 10.4. The third-order valence-electron chi connectivity index (χ3n) is 3.41. The fourth-order valence-corrected chi connectivity index (χ4v) is 2.67. The maximum Gasteiger partial charge on any atom is 0.255 e. The molecule has 0 aromatic heterocycles. The van der Waals surface area contributed by atoms with Crippen LogP contribution in [0.25, 0.3) is 0 Å². The van der Waals surface area contributed by atoms with E-state index in [2.05, 4.69) is 16.0 Å². The van der Waals surface area contributed by atoms with Gasteiger partial charge in [0.25, 0.3) is 5.91 Å². The lowest BCUT2D eigenvalue weighted by Gasteiger charge is -2.43. The van der Waals surface area contributed by atoms with Crippen LogP contribution in [-0.4, -0.2) is 24.7 Å². The van der Waals surface area contributed by atoms with Gasteiger partial charge in [-0.15, -0.1) is 12.4 Å². The minimum Gasteiger partial charge on any atom is -0.362 e. The highest BCUT2D eigenvalue weighted by molar-refractivity contribution is 6.31. The van der Waals surface area contributed by atoms with E-state index in [0.29, 0.717) is 10.6 Å². The fourth-order valence-electron chi connectivity index (χ4n) is 2.50. The van der Waals surface area contributed by atoms with Crippen molar-refractivity contribution >= 4 is 35.6 Å². The molecule has 3 rings (SSSR count). The smallest absolute Gasteiger partial charge is 0.255 e. The van der Waals surface area contributed by atoms with Crippen molar-refractivity contribution in [2.75, 3.05) is 18.4 Å². The van der Waals surface area contributed by atoms with Gasteiger partial charge in [0.05, 0.1) is 11.3 Å². The highest BCUT2D eigenvalue weighted by Crippen LogP contribution is 2.31. The van der Waals surface area contributed by atoms with Crippen LogP contribution in [0, 0.1) is 0 Å². The first-order valence-corrected chi connectivity index (χ1v) is 6.17. The van der Waals surface area contributed by atoms with E-state index in [4.69, 9.17) is 11.6 Å². The van der Waals surface area contributed by atoms with Crippen LogP contribution in [0.5, 0.6) is 0 Å². The predicted molar refractivity (Wildman–Crippen MR) is 74.6 cm³/mol. The third kappa shape index (κ3) is 2.28. The first-order valence-electron chi connectivity index (χ1n) is 5.80. The molecule has 0 bridgehead atoms. The summed E-state index contributed by atoms with van der Waals surface area (Å²) in [7, 11) is 0. The molecule has 1 spiro atoms. The number of benzene rings is 1. The maximum absolute atomic E-state index is 12.1. The summed E-state index contributed by atoms with van der Waals surface area (Å²) in [6.45, 7) is 1.81. The molecule has 2 aliphatic rings. The van der Waals surface area contributed by atoms with E-state index >= 15 is 0 Å². The Morgan fingerprint density at radius 2 is 1.89 bits per heavy atom. The Hall–Kier alpha value is -0.970. The van der Waals surface area contributed by atoms with Gasteiger partial charge in [0.15, 0.2) is 0 Å². The number of halogens is 2. The summed E-state index contributed by atoms with van der Waals surface area (Å²) < 4.78 is 0. The summed E-state index contributed by atoms with van der Waals surface area (Å²) in [6, 6.07) is 5.31. The Bertz CT molecular complexity index is 472. The summed E-state index contributed by atoms with van der Waals surface area (Å²) in [4.78, 5) is 12.1. The summed E-state index contributed by atoms with van der Waals surface area (Å²) >= 11 is 5.97. The number of hydrogen-bond acceptors (Lipinski definition) is 3. The molecule has 18 heavy (non-hydrogen) atoms. The summed E-state index contributed by atoms with van der Waals surface area (Å²) in [5.74, 6) is -0.0164. The topological polar surface area (TPSA) is 53.2 Å². The van der Waals surface area contributed by atoms with Crippen molar-refractivity contribution in [2.45, 2.75) is 18.5 Å². The van der Waals surface area contributed by atoms with Gasteiger partial charge in [0, 0.05) is 17.9 Å². The summed E-state index contributed by atoms with van der Waals surface area (Å²) in [5.41, 5.74) is 1.20. The van der Waals surface area contributed by atoms with Gasteiger partial charge in [-0.1, -0.05) is 11.6 Å². The minimum atomic E-state index is -0.306. The Morgan fingerprint density at radius 1 is 1.17 bits per heavy atom. The van der Waals surface area contributed by atoms with Crippen molar-refractivity contribution in [1.29, 1.82) is 0 Å². The van der Waals surface area contributed by atoms with Crippen molar-refractivity contribution in [1.82, 2.24) is 10.6 Å². The SMILES string of the molecule is Cl.O=C1NC2(CCNCC2)Nc2cc(Cl)ccc21. The quantitative estimate of drug-likeness (QED) is 0.684. The van der Waals surface area contributed by atoms with Crippen molar-refractivity contribution in [3.63, 3.8) is 0 Å². The molecule has 0 radical (unpaired) electrons. The van der Waals surface area contributed by atoms with E-state index in [0.717, 1.165) is 31.6 Å². The molecule has 0 unspecified atom stereocenters. The number of nitrogens with one attached hydrogen (secondary N) is 3. The zero-order chi connectivity index (χ0) is 11.9. The second-order valence-electron chi connectivity index (χ2n) is 4.60. The molecule has 1 fully saturated rings. The Morgan fingerprint density at radius 3 is 2.61 bits per heavy atom. The van der Waals surface area contributed by atoms with Gasteiger partial charge in [-0.25, -0.2) is 0 Å². The number of hydrogen-bond donors (Lipinski definition) is 3. The molecule has 1 aromatic rings. The van der Waals surface area contributed by atoms with Crippen molar-refractivity contribution in [2.24, 2.45) is 0 Å². The van der Waals surface area contributed by atoms with Gasteiger partial charge in [0.2, 0.25) is 0 Å². The van der Waals surface area contributed by atoms with Gasteiger partial charge in [-0.05, 0) is 31.3 Å². The van der Waals surface area contributed by atoms with Gasteiger partial charge >= 0.3 is 0 Å². The van der Waals surface area contributed by atoms with Gasteiger partial charge in [-0.2, -0.15) is 0 Å². The molecule has 1 saturated heterocycles. The van der Waals surface area contributed by atoms with Crippen LogP contribution in [0.1, 0.15) is 23.2 Å². The second kappa shape index (κ2) is 4.96. The Kier molecular flexibility index (Phi) is 3.71. The van der Waals surface area contributed by atoms with E-state index in [-0.39, 0.29) is 24.0 Å². The molecule has 0 aliphatic carbocycles. The van der Waals surface area contributed by atoms with Gasteiger partial charge in [0.1, 0.15) is 5.66 Å². The van der Waals surface area contributed by atoms with Crippen LogP contribution >= 0.6 is 24.0 Å². The first-order chi connectivity index (χ1) is 8.19. The average Bonchev–Trinajstić information content (AvgIpc) is 2.29. The number of rotatable bonds is 0. The molecule has 1 aromatic carbocycles. The largest absolute Gasteiger partial charge is 0.362 e. The highest BCUT2D eigenvalue weighted by Gasteiger charge is 2.38. The number of anilines is 1. The lowest BCUT2D eigenvalue weighted by Crippen LogP contribution is -2.61. The zero-order valence-electron chi connectivity index (χ0n) is 9.75. The molecule has 2 heterocycles. The standard InChI is InChI=1S/C12H14ClN3O.ClH/c13-8-1-2-9-10(7-8)15-12(16-11(9)17)3-5-14-6-4-12;/h1-2,7,14-15H,3-6H2,(H,16,17);1H. The second-order valence-corrected chi connectivity index (χ2v) is 5.04.